The molecule has 0 radical (unpaired) electrons. The Morgan fingerprint density at radius 1 is 1.00 bits per heavy atom. The lowest BCUT2D eigenvalue weighted by Crippen LogP contribution is -2.45. The van der Waals surface area contributed by atoms with Crippen LogP contribution in [0, 0.1) is 5.82 Å². The normalized spacial score (nSPS) is 15.4. The van der Waals surface area contributed by atoms with Crippen LogP contribution >= 0.6 is 0 Å². The van der Waals surface area contributed by atoms with Gasteiger partial charge in [0.25, 0.3) is 17.7 Å². The minimum absolute atomic E-state index is 0.0321. The molecule has 0 aromatic heterocycles. The molecule has 2 aliphatic heterocycles. The number of rotatable bonds is 5. The van der Waals surface area contributed by atoms with Crippen LogP contribution < -0.4 is 15.0 Å². The SMILES string of the molecule is CC(C(=O)Nc1ccc2c(c1)OCC(=O)N2Cc1ccccc1F)N1C(=O)c2ccccc2C1=O. The first kappa shape index (κ1) is 22.3. The Morgan fingerprint density at radius 3 is 2.34 bits per heavy atom. The first-order chi connectivity index (χ1) is 16.8. The van der Waals surface area contributed by atoms with E-state index in [1.165, 1.54) is 17.9 Å². The van der Waals surface area contributed by atoms with Crippen molar-refractivity contribution in [2.45, 2.75) is 19.5 Å². The number of hydrogen-bond acceptors (Lipinski definition) is 5. The number of halogens is 1. The molecule has 1 N–H and O–H groups in total. The van der Waals surface area contributed by atoms with Crippen molar-refractivity contribution in [2.24, 2.45) is 0 Å². The van der Waals surface area contributed by atoms with Gasteiger partial charge in [-0.3, -0.25) is 24.1 Å². The molecular weight excluding hydrogens is 453 g/mol. The molecule has 2 aliphatic rings. The van der Waals surface area contributed by atoms with Crippen LogP contribution in [-0.4, -0.2) is 41.2 Å². The molecule has 1 unspecified atom stereocenters. The number of carbonyl (C=O) groups is 4. The van der Waals surface area contributed by atoms with Crippen molar-refractivity contribution < 1.29 is 28.3 Å². The number of amides is 4. The van der Waals surface area contributed by atoms with Crippen molar-refractivity contribution in [3.63, 3.8) is 0 Å². The Kier molecular flexibility index (Phi) is 5.52. The summed E-state index contributed by atoms with van der Waals surface area (Å²) in [5.41, 5.74) is 1.69. The molecule has 0 spiro atoms. The van der Waals surface area contributed by atoms with Crippen LogP contribution in [-0.2, 0) is 16.1 Å². The van der Waals surface area contributed by atoms with E-state index in [2.05, 4.69) is 5.32 Å². The standard InChI is InChI=1S/C26H20FN3O5/c1-15(30-25(33)18-7-3-4-8-19(18)26(30)34)24(32)28-17-10-11-21-22(12-17)35-14-23(31)29(21)13-16-6-2-5-9-20(16)27/h2-12,15H,13-14H2,1H3,(H,28,32). The van der Waals surface area contributed by atoms with Crippen LogP contribution in [0.15, 0.2) is 66.7 Å². The minimum atomic E-state index is -1.06. The van der Waals surface area contributed by atoms with Crippen molar-refractivity contribution in [3.05, 3.63) is 89.2 Å². The maximum atomic E-state index is 14.1. The van der Waals surface area contributed by atoms with E-state index < -0.39 is 29.6 Å². The van der Waals surface area contributed by atoms with Crippen LogP contribution in [0.5, 0.6) is 5.75 Å². The molecule has 5 rings (SSSR count). The second kappa shape index (κ2) is 8.68. The fourth-order valence-corrected chi connectivity index (χ4v) is 4.18. The molecule has 3 aromatic carbocycles. The maximum Gasteiger partial charge on any atom is 0.265 e. The third-order valence-corrected chi connectivity index (χ3v) is 6.05. The zero-order valence-corrected chi connectivity index (χ0v) is 18.7. The highest BCUT2D eigenvalue weighted by Gasteiger charge is 2.40. The predicted molar refractivity (Wildman–Crippen MR) is 125 cm³/mol. The van der Waals surface area contributed by atoms with E-state index in [-0.39, 0.29) is 30.2 Å². The lowest BCUT2D eigenvalue weighted by molar-refractivity contribution is -0.121. The van der Waals surface area contributed by atoms with Crippen LogP contribution in [0.3, 0.4) is 0 Å². The molecule has 35 heavy (non-hydrogen) atoms. The minimum Gasteiger partial charge on any atom is -0.481 e. The lowest BCUT2D eigenvalue weighted by Gasteiger charge is -2.30. The van der Waals surface area contributed by atoms with Crippen molar-refractivity contribution in [1.82, 2.24) is 4.90 Å². The van der Waals surface area contributed by atoms with Crippen molar-refractivity contribution in [3.8, 4) is 5.75 Å². The number of fused-ring (bicyclic) bond motifs is 2. The fraction of sp³-hybridized carbons (Fsp3) is 0.154. The monoisotopic (exact) mass is 473 g/mol. The largest absolute Gasteiger partial charge is 0.481 e. The highest BCUT2D eigenvalue weighted by molar-refractivity contribution is 6.23. The Balaban J connectivity index is 1.34. The van der Waals surface area contributed by atoms with E-state index in [1.807, 2.05) is 0 Å². The Morgan fingerprint density at radius 2 is 1.66 bits per heavy atom. The number of imide groups is 1. The fourth-order valence-electron chi connectivity index (χ4n) is 4.18. The van der Waals surface area contributed by atoms with E-state index in [1.54, 1.807) is 60.7 Å². The molecular formula is C26H20FN3O5. The van der Waals surface area contributed by atoms with Crippen molar-refractivity contribution in [1.29, 1.82) is 0 Å². The average molecular weight is 473 g/mol. The van der Waals surface area contributed by atoms with E-state index in [9.17, 15) is 23.6 Å². The van der Waals surface area contributed by atoms with Gasteiger partial charge in [0.05, 0.1) is 23.4 Å². The summed E-state index contributed by atoms with van der Waals surface area (Å²) in [6, 6.07) is 16.3. The van der Waals surface area contributed by atoms with Gasteiger partial charge in [-0.05, 0) is 37.3 Å². The number of hydrogen-bond donors (Lipinski definition) is 1. The lowest BCUT2D eigenvalue weighted by atomic mass is 10.1. The summed E-state index contributed by atoms with van der Waals surface area (Å²) in [5, 5.41) is 2.69. The van der Waals surface area contributed by atoms with Gasteiger partial charge in [0.1, 0.15) is 17.6 Å². The smallest absolute Gasteiger partial charge is 0.265 e. The van der Waals surface area contributed by atoms with Gasteiger partial charge >= 0.3 is 0 Å². The third-order valence-electron chi connectivity index (χ3n) is 6.05. The van der Waals surface area contributed by atoms with Gasteiger partial charge in [-0.15, -0.1) is 0 Å². The molecule has 176 valence electrons. The molecule has 4 amide bonds. The first-order valence-corrected chi connectivity index (χ1v) is 10.9. The Labute approximate surface area is 199 Å². The van der Waals surface area contributed by atoms with E-state index in [4.69, 9.17) is 4.74 Å². The summed E-state index contributed by atoms with van der Waals surface area (Å²) < 4.78 is 19.7. The van der Waals surface area contributed by atoms with E-state index in [0.29, 0.717) is 22.7 Å². The van der Waals surface area contributed by atoms with E-state index in [0.717, 1.165) is 4.90 Å². The van der Waals surface area contributed by atoms with Crippen molar-refractivity contribution in [2.75, 3.05) is 16.8 Å². The van der Waals surface area contributed by atoms with Gasteiger partial charge < -0.3 is 15.0 Å². The predicted octanol–water partition coefficient (Wildman–Crippen LogP) is 3.37. The number of ether oxygens (including phenoxy) is 1. The van der Waals surface area contributed by atoms with Gasteiger partial charge in [-0.1, -0.05) is 30.3 Å². The van der Waals surface area contributed by atoms with Gasteiger partial charge in [-0.2, -0.15) is 0 Å². The average Bonchev–Trinajstić information content (AvgIpc) is 3.11. The first-order valence-electron chi connectivity index (χ1n) is 10.9. The van der Waals surface area contributed by atoms with Crippen LogP contribution in [0.4, 0.5) is 15.8 Å². The molecule has 1 atom stereocenters. The third kappa shape index (κ3) is 3.90. The quantitative estimate of drug-likeness (QED) is 0.574. The summed E-state index contributed by atoms with van der Waals surface area (Å²) in [5.74, 6) is -2.01. The van der Waals surface area contributed by atoms with Crippen LogP contribution in [0.25, 0.3) is 0 Å². The van der Waals surface area contributed by atoms with Gasteiger partial charge in [0.15, 0.2) is 6.61 Å². The van der Waals surface area contributed by atoms with Gasteiger partial charge in [0.2, 0.25) is 5.91 Å². The Bertz CT molecular complexity index is 1350. The summed E-state index contributed by atoms with van der Waals surface area (Å²) in [7, 11) is 0. The van der Waals surface area contributed by atoms with E-state index >= 15 is 0 Å². The molecule has 2 heterocycles. The second-order valence-corrected chi connectivity index (χ2v) is 8.23. The van der Waals surface area contributed by atoms with Crippen LogP contribution in [0.2, 0.25) is 0 Å². The highest BCUT2D eigenvalue weighted by atomic mass is 19.1. The zero-order valence-electron chi connectivity index (χ0n) is 18.7. The number of nitrogens with one attached hydrogen (secondary N) is 1. The van der Waals surface area contributed by atoms with Gasteiger partial charge in [0, 0.05) is 17.3 Å². The maximum absolute atomic E-state index is 14.1. The number of carbonyl (C=O) groups excluding carboxylic acids is 4. The summed E-state index contributed by atoms with van der Waals surface area (Å²) >= 11 is 0. The Hall–Kier alpha value is -4.53. The topological polar surface area (TPSA) is 96.0 Å². The molecule has 0 fully saturated rings. The molecule has 8 nitrogen and oxygen atoms in total. The number of anilines is 2. The molecule has 0 aliphatic carbocycles. The van der Waals surface area contributed by atoms with Crippen molar-refractivity contribution >= 4 is 35.0 Å². The number of benzene rings is 3. The molecule has 0 saturated heterocycles. The van der Waals surface area contributed by atoms with Crippen LogP contribution in [0.1, 0.15) is 33.2 Å². The molecule has 0 saturated carbocycles. The number of nitrogens with zero attached hydrogens (tertiary/aromatic N) is 2. The molecule has 3 aromatic rings. The molecule has 9 heteroatoms. The summed E-state index contributed by atoms with van der Waals surface area (Å²) in [6.45, 7) is 1.27. The van der Waals surface area contributed by atoms with Gasteiger partial charge in [-0.25, -0.2) is 4.39 Å². The second-order valence-electron chi connectivity index (χ2n) is 8.23. The summed E-state index contributed by atoms with van der Waals surface area (Å²) in [4.78, 5) is 53.1. The zero-order chi connectivity index (χ0) is 24.7. The molecule has 0 bridgehead atoms. The summed E-state index contributed by atoms with van der Waals surface area (Å²) in [6.07, 6.45) is 0. The highest BCUT2D eigenvalue weighted by Crippen LogP contribution is 2.36.